The molecule has 1 amide bonds. The van der Waals surface area contributed by atoms with Gasteiger partial charge in [-0.15, -0.1) is 0 Å². The molecule has 88 valence electrons. The number of aromatic amines is 1. The van der Waals surface area contributed by atoms with Gasteiger partial charge < -0.3 is 20.5 Å². The molecule has 0 saturated carbocycles. The molecule has 1 unspecified atom stereocenters. The number of halogens is 1. The molecule has 0 aromatic carbocycles. The molecule has 1 heterocycles. The summed E-state index contributed by atoms with van der Waals surface area (Å²) in [5, 5.41) is 20.0. The van der Waals surface area contributed by atoms with Crippen LogP contribution >= 0.6 is 15.9 Å². The highest BCUT2D eigenvalue weighted by atomic mass is 79.9. The van der Waals surface area contributed by atoms with Gasteiger partial charge in [0.1, 0.15) is 0 Å². The topological polar surface area (TPSA) is 102 Å². The molecule has 0 bridgehead atoms. The Labute approximate surface area is 99.4 Å². The van der Waals surface area contributed by atoms with Crippen LogP contribution in [-0.4, -0.2) is 40.4 Å². The Morgan fingerprint density at radius 1 is 1.62 bits per heavy atom. The van der Waals surface area contributed by atoms with Crippen molar-refractivity contribution in [1.29, 1.82) is 0 Å². The van der Waals surface area contributed by atoms with Crippen LogP contribution in [-0.2, 0) is 0 Å². The minimum absolute atomic E-state index is 0.0495. The van der Waals surface area contributed by atoms with E-state index in [9.17, 15) is 9.59 Å². The van der Waals surface area contributed by atoms with Crippen LogP contribution < -0.4 is 10.9 Å². The first-order chi connectivity index (χ1) is 7.54. The summed E-state index contributed by atoms with van der Waals surface area (Å²) >= 11 is 2.99. The van der Waals surface area contributed by atoms with Gasteiger partial charge in [0, 0.05) is 12.7 Å². The molecule has 0 aliphatic heterocycles. The first-order valence-electron chi connectivity index (χ1n) is 4.50. The Bertz CT molecular complexity index is 432. The first kappa shape index (κ1) is 12.9. The monoisotopic (exact) mass is 290 g/mol. The van der Waals surface area contributed by atoms with Crippen molar-refractivity contribution in [1.82, 2.24) is 10.3 Å². The summed E-state index contributed by atoms with van der Waals surface area (Å²) in [6, 6.07) is 1.37. The Morgan fingerprint density at radius 3 is 2.88 bits per heavy atom. The lowest BCUT2D eigenvalue weighted by Crippen LogP contribution is -2.34. The van der Waals surface area contributed by atoms with Crippen molar-refractivity contribution >= 4 is 21.8 Å². The van der Waals surface area contributed by atoms with E-state index in [2.05, 4.69) is 26.2 Å². The van der Waals surface area contributed by atoms with Crippen LogP contribution in [0.15, 0.2) is 21.5 Å². The molecule has 7 heteroatoms. The number of nitrogens with one attached hydrogen (secondary N) is 2. The van der Waals surface area contributed by atoms with Crippen LogP contribution in [0.25, 0.3) is 0 Å². The van der Waals surface area contributed by atoms with Crippen molar-refractivity contribution in [3.8, 4) is 0 Å². The van der Waals surface area contributed by atoms with Crippen molar-refractivity contribution in [2.45, 2.75) is 6.10 Å². The van der Waals surface area contributed by atoms with E-state index in [0.717, 1.165) is 0 Å². The van der Waals surface area contributed by atoms with Crippen LogP contribution in [0.2, 0.25) is 0 Å². The number of hydrogen-bond donors (Lipinski definition) is 4. The van der Waals surface area contributed by atoms with E-state index in [-0.39, 0.29) is 22.1 Å². The molecular formula is C9H11BrN2O4. The zero-order chi connectivity index (χ0) is 12.1. The largest absolute Gasteiger partial charge is 0.394 e. The highest BCUT2D eigenvalue weighted by Crippen LogP contribution is 2.04. The van der Waals surface area contributed by atoms with E-state index in [1.54, 1.807) is 0 Å². The van der Waals surface area contributed by atoms with Crippen LogP contribution in [0.5, 0.6) is 0 Å². The van der Waals surface area contributed by atoms with Crippen LogP contribution in [0.4, 0.5) is 0 Å². The van der Waals surface area contributed by atoms with Gasteiger partial charge in [-0.3, -0.25) is 9.59 Å². The van der Waals surface area contributed by atoms with Crippen molar-refractivity contribution in [3.63, 3.8) is 0 Å². The molecule has 1 aromatic heterocycles. The number of carbonyl (C=O) groups is 1. The van der Waals surface area contributed by atoms with Crippen LogP contribution in [0.3, 0.4) is 0 Å². The summed E-state index contributed by atoms with van der Waals surface area (Å²) in [6.07, 6.45) is 0.281. The van der Waals surface area contributed by atoms with Gasteiger partial charge >= 0.3 is 0 Å². The predicted octanol–water partition coefficient (Wildman–Crippen LogP) is -0.780. The zero-order valence-electron chi connectivity index (χ0n) is 8.24. The number of hydrogen-bond acceptors (Lipinski definition) is 4. The average molecular weight is 291 g/mol. The zero-order valence-corrected chi connectivity index (χ0v) is 9.82. The normalized spacial score (nSPS) is 12.2. The Hall–Kier alpha value is -1.18. The molecule has 6 nitrogen and oxygen atoms in total. The maximum absolute atomic E-state index is 11.5. The first-order valence-corrected chi connectivity index (χ1v) is 5.29. The van der Waals surface area contributed by atoms with E-state index in [1.165, 1.54) is 12.3 Å². The number of aromatic nitrogens is 1. The third-order valence-electron chi connectivity index (χ3n) is 1.83. The van der Waals surface area contributed by atoms with Gasteiger partial charge in [-0.1, -0.05) is 0 Å². The lowest BCUT2D eigenvalue weighted by atomic mass is 10.2. The van der Waals surface area contributed by atoms with E-state index in [0.29, 0.717) is 0 Å². The fraction of sp³-hybridized carbons (Fsp3) is 0.333. The summed E-state index contributed by atoms with van der Waals surface area (Å²) in [6.45, 7) is -0.471. The van der Waals surface area contributed by atoms with Crippen molar-refractivity contribution in [2.24, 2.45) is 0 Å². The number of amides is 1. The molecule has 1 atom stereocenters. The average Bonchev–Trinajstić information content (AvgIpc) is 2.29. The Balaban J connectivity index is 2.66. The summed E-state index contributed by atoms with van der Waals surface area (Å²) < 4.78 is 0.253. The molecule has 16 heavy (non-hydrogen) atoms. The van der Waals surface area contributed by atoms with Crippen molar-refractivity contribution in [3.05, 3.63) is 32.7 Å². The summed E-state index contributed by atoms with van der Waals surface area (Å²) in [7, 11) is 0. The van der Waals surface area contributed by atoms with E-state index in [4.69, 9.17) is 10.2 Å². The predicted molar refractivity (Wildman–Crippen MR) is 60.2 cm³/mol. The number of H-pyrrole nitrogens is 1. The summed E-state index contributed by atoms with van der Waals surface area (Å²) in [5.41, 5.74) is -0.0662. The maximum atomic E-state index is 11.5. The minimum Gasteiger partial charge on any atom is -0.394 e. The number of aliphatic hydroxyl groups excluding tert-OH is 2. The second kappa shape index (κ2) is 5.78. The smallest absolute Gasteiger partial charge is 0.262 e. The van der Waals surface area contributed by atoms with Gasteiger partial charge in [0.15, 0.2) is 0 Å². The van der Waals surface area contributed by atoms with E-state index in [1.807, 2.05) is 0 Å². The maximum Gasteiger partial charge on any atom is 0.262 e. The molecule has 0 aliphatic carbocycles. The second-order valence-corrected chi connectivity index (χ2v) is 3.97. The molecule has 4 N–H and O–H groups in total. The second-order valence-electron chi connectivity index (χ2n) is 3.11. The molecule has 1 rings (SSSR count). The molecule has 0 spiro atoms. The molecule has 0 fully saturated rings. The lowest BCUT2D eigenvalue weighted by molar-refractivity contribution is 0.0801. The van der Waals surface area contributed by atoms with Gasteiger partial charge in [0.2, 0.25) is 0 Å². The lowest BCUT2D eigenvalue weighted by Gasteiger charge is -2.08. The Kier molecular flexibility index (Phi) is 4.66. The molecule has 0 radical (unpaired) electrons. The molecule has 0 saturated heterocycles. The van der Waals surface area contributed by atoms with Gasteiger partial charge in [0.25, 0.3) is 11.5 Å². The quantitative estimate of drug-likeness (QED) is 0.584. The fourth-order valence-corrected chi connectivity index (χ4v) is 1.33. The van der Waals surface area contributed by atoms with Gasteiger partial charge in [0.05, 0.1) is 22.7 Å². The van der Waals surface area contributed by atoms with Gasteiger partial charge in [-0.2, -0.15) is 0 Å². The molecule has 1 aromatic rings. The summed E-state index contributed by atoms with van der Waals surface area (Å²) in [5.74, 6) is -0.440. The number of carbonyl (C=O) groups excluding carboxylic acids is 1. The number of rotatable bonds is 4. The fourth-order valence-electron chi connectivity index (χ4n) is 0.964. The number of aliphatic hydroxyl groups is 2. The van der Waals surface area contributed by atoms with Crippen LogP contribution in [0, 0.1) is 0 Å². The van der Waals surface area contributed by atoms with E-state index >= 15 is 0 Å². The van der Waals surface area contributed by atoms with Gasteiger partial charge in [-0.25, -0.2) is 0 Å². The highest BCUT2D eigenvalue weighted by Gasteiger charge is 2.09. The molecular weight excluding hydrogens is 280 g/mol. The SMILES string of the molecule is O=C(NCC(O)CO)c1c[nH]c(=O)c(Br)c1. The van der Waals surface area contributed by atoms with E-state index < -0.39 is 18.6 Å². The van der Waals surface area contributed by atoms with Crippen molar-refractivity contribution in [2.75, 3.05) is 13.2 Å². The standard InChI is InChI=1S/C9H11BrN2O4/c10-7-1-5(2-11-9(7)16)8(15)12-3-6(14)4-13/h1-2,6,13-14H,3-4H2,(H,11,16)(H,12,15). The number of pyridine rings is 1. The third kappa shape index (κ3) is 3.44. The Morgan fingerprint density at radius 2 is 2.31 bits per heavy atom. The van der Waals surface area contributed by atoms with Gasteiger partial charge in [-0.05, 0) is 22.0 Å². The van der Waals surface area contributed by atoms with Crippen molar-refractivity contribution < 1.29 is 15.0 Å². The highest BCUT2D eigenvalue weighted by molar-refractivity contribution is 9.10. The summed E-state index contributed by atoms with van der Waals surface area (Å²) in [4.78, 5) is 24.9. The third-order valence-corrected chi connectivity index (χ3v) is 2.42. The molecule has 0 aliphatic rings. The van der Waals surface area contributed by atoms with Crippen LogP contribution in [0.1, 0.15) is 10.4 Å². The minimum atomic E-state index is -0.991.